The van der Waals surface area contributed by atoms with Crippen molar-refractivity contribution in [3.63, 3.8) is 0 Å². The highest BCUT2D eigenvalue weighted by molar-refractivity contribution is 8.00. The fourth-order valence-corrected chi connectivity index (χ4v) is 3.67. The average molecular weight is 305 g/mol. The van der Waals surface area contributed by atoms with E-state index in [9.17, 15) is 14.5 Å². The van der Waals surface area contributed by atoms with Gasteiger partial charge in [0.05, 0.1) is 16.7 Å². The maximum absolute atomic E-state index is 11.7. The lowest BCUT2D eigenvalue weighted by molar-refractivity contribution is 0.145. The number of thioether (sulfide) groups is 1. The van der Waals surface area contributed by atoms with Crippen LogP contribution in [0.1, 0.15) is 11.8 Å². The van der Waals surface area contributed by atoms with Crippen molar-refractivity contribution in [2.75, 3.05) is 19.0 Å². The molecule has 0 saturated carbocycles. The number of aliphatic hydroxyl groups excluding tert-OH is 1. The smallest absolute Gasteiger partial charge is 0.392 e. The molecular formula is C9H14N4O4PS+. The van der Waals surface area contributed by atoms with Gasteiger partial charge in [-0.15, -0.1) is 16.3 Å². The van der Waals surface area contributed by atoms with Gasteiger partial charge < -0.3 is 10.8 Å². The third-order valence-corrected chi connectivity index (χ3v) is 4.73. The Morgan fingerprint density at radius 3 is 3.11 bits per heavy atom. The molecule has 0 amide bonds. The monoisotopic (exact) mass is 305 g/mol. The maximum atomic E-state index is 11.7. The fraction of sp³-hybridized carbons (Fsp3) is 0.667. The number of anilines is 1. The summed E-state index contributed by atoms with van der Waals surface area (Å²) in [5.41, 5.74) is 4.82. The van der Waals surface area contributed by atoms with Crippen LogP contribution in [0, 0.1) is 0 Å². The first kappa shape index (κ1) is 14.4. The summed E-state index contributed by atoms with van der Waals surface area (Å²) in [4.78, 5) is 19.0. The van der Waals surface area contributed by atoms with Crippen LogP contribution in [0.4, 0.5) is 5.95 Å². The third kappa shape index (κ3) is 3.50. The molecule has 3 N–H and O–H groups in total. The van der Waals surface area contributed by atoms with Crippen LogP contribution in [0.25, 0.3) is 0 Å². The SMILES string of the molecule is C[P+](=O)OC[C@H]1S[C@@H](n2cnc(N)nc2=O)CC1O. The van der Waals surface area contributed by atoms with Crippen molar-refractivity contribution in [1.29, 1.82) is 0 Å². The summed E-state index contributed by atoms with van der Waals surface area (Å²) < 4.78 is 17.2. The average Bonchev–Trinajstić information content (AvgIpc) is 2.67. The van der Waals surface area contributed by atoms with Crippen LogP contribution >= 0.6 is 19.8 Å². The summed E-state index contributed by atoms with van der Waals surface area (Å²) in [5.74, 6) is -0.0762. The normalized spacial score (nSPS) is 27.5. The van der Waals surface area contributed by atoms with E-state index < -0.39 is 19.8 Å². The predicted octanol–water partition coefficient (Wildman–Crippen LogP) is -0.0257. The second kappa shape index (κ2) is 5.96. The second-order valence-electron chi connectivity index (χ2n) is 4.07. The van der Waals surface area contributed by atoms with Crippen LogP contribution in [0.15, 0.2) is 11.1 Å². The molecule has 104 valence electrons. The van der Waals surface area contributed by atoms with Gasteiger partial charge in [-0.1, -0.05) is 0 Å². The molecule has 0 radical (unpaired) electrons. The van der Waals surface area contributed by atoms with E-state index in [1.807, 2.05) is 0 Å². The van der Waals surface area contributed by atoms with E-state index >= 15 is 0 Å². The summed E-state index contributed by atoms with van der Waals surface area (Å²) in [6.07, 6.45) is 1.07. The van der Waals surface area contributed by atoms with Gasteiger partial charge in [-0.3, -0.25) is 4.57 Å². The molecule has 2 heterocycles. The first-order valence-corrected chi connectivity index (χ1v) is 8.12. The van der Waals surface area contributed by atoms with Crippen LogP contribution < -0.4 is 11.4 Å². The number of rotatable bonds is 4. The van der Waals surface area contributed by atoms with Crippen LogP contribution in [0.3, 0.4) is 0 Å². The zero-order valence-electron chi connectivity index (χ0n) is 10.2. The molecular weight excluding hydrogens is 291 g/mol. The minimum Gasteiger partial charge on any atom is -0.392 e. The molecule has 1 aromatic heterocycles. The molecule has 2 rings (SSSR count). The van der Waals surface area contributed by atoms with Crippen LogP contribution in [0.2, 0.25) is 0 Å². The van der Waals surface area contributed by atoms with Gasteiger partial charge in [-0.05, 0) is 4.57 Å². The first-order chi connectivity index (χ1) is 8.97. The van der Waals surface area contributed by atoms with Crippen LogP contribution in [-0.4, -0.2) is 44.3 Å². The van der Waals surface area contributed by atoms with E-state index in [0.717, 1.165) is 0 Å². The van der Waals surface area contributed by atoms with Gasteiger partial charge in [-0.25, -0.2) is 9.78 Å². The Morgan fingerprint density at radius 2 is 2.47 bits per heavy atom. The van der Waals surface area contributed by atoms with Crippen molar-refractivity contribution in [2.24, 2.45) is 0 Å². The van der Waals surface area contributed by atoms with Crippen molar-refractivity contribution in [3.05, 3.63) is 16.8 Å². The molecule has 19 heavy (non-hydrogen) atoms. The van der Waals surface area contributed by atoms with Gasteiger partial charge in [0.15, 0.2) is 6.66 Å². The lowest BCUT2D eigenvalue weighted by atomic mass is 10.2. The van der Waals surface area contributed by atoms with Crippen molar-refractivity contribution in [3.8, 4) is 0 Å². The predicted molar refractivity (Wildman–Crippen MR) is 71.2 cm³/mol. The number of hydrogen-bond acceptors (Lipinski definition) is 8. The molecule has 8 nitrogen and oxygen atoms in total. The van der Waals surface area contributed by atoms with Gasteiger partial charge in [0.25, 0.3) is 0 Å². The highest BCUT2D eigenvalue weighted by atomic mass is 32.2. The summed E-state index contributed by atoms with van der Waals surface area (Å²) in [6, 6.07) is 0. The Morgan fingerprint density at radius 1 is 1.74 bits per heavy atom. The Kier molecular flexibility index (Phi) is 4.51. The number of aromatic nitrogens is 3. The van der Waals surface area contributed by atoms with Gasteiger partial charge in [0.2, 0.25) is 5.95 Å². The van der Waals surface area contributed by atoms with E-state index in [0.29, 0.717) is 6.42 Å². The summed E-state index contributed by atoms with van der Waals surface area (Å²) in [6.45, 7) is 1.63. The number of aliphatic hydroxyl groups is 1. The van der Waals surface area contributed by atoms with Gasteiger partial charge >= 0.3 is 13.7 Å². The van der Waals surface area contributed by atoms with E-state index in [4.69, 9.17) is 10.3 Å². The van der Waals surface area contributed by atoms with E-state index in [1.54, 1.807) is 0 Å². The standard InChI is InChI=1S/C9H13N4O4PS/c1-18(16)17-3-6-5(14)2-7(19-6)13-4-11-8(10)12-9(13)15/h4-7,14H,2-3H2,1H3,(H-,10,12,15)/p+1/t5?,6-,7-/m1/s1. The molecule has 1 fully saturated rings. The molecule has 0 aliphatic carbocycles. The van der Waals surface area contributed by atoms with E-state index in [1.165, 1.54) is 29.3 Å². The van der Waals surface area contributed by atoms with E-state index in [-0.39, 0.29) is 23.2 Å². The Balaban J connectivity index is 2.07. The quantitative estimate of drug-likeness (QED) is 0.744. The van der Waals surface area contributed by atoms with Crippen molar-refractivity contribution in [1.82, 2.24) is 14.5 Å². The number of hydrogen-bond donors (Lipinski definition) is 2. The Bertz CT molecular complexity index is 539. The molecule has 1 aliphatic rings. The van der Waals surface area contributed by atoms with Crippen molar-refractivity contribution >= 4 is 25.7 Å². The highest BCUT2D eigenvalue weighted by Gasteiger charge is 2.37. The maximum Gasteiger partial charge on any atom is 0.504 e. The molecule has 1 aromatic rings. The van der Waals surface area contributed by atoms with Gasteiger partial charge in [-0.2, -0.15) is 4.98 Å². The van der Waals surface area contributed by atoms with Crippen molar-refractivity contribution < 1.29 is 14.2 Å². The molecule has 4 atom stereocenters. The second-order valence-corrected chi connectivity index (χ2v) is 6.63. The zero-order valence-corrected chi connectivity index (χ0v) is 11.9. The minimum atomic E-state index is -1.70. The number of nitrogen functional groups attached to an aromatic ring is 1. The number of nitrogens with zero attached hydrogens (tertiary/aromatic N) is 3. The van der Waals surface area contributed by atoms with Crippen LogP contribution in [0.5, 0.6) is 0 Å². The summed E-state index contributed by atoms with van der Waals surface area (Å²) in [7, 11) is -1.70. The highest BCUT2D eigenvalue weighted by Crippen LogP contribution is 2.41. The topological polar surface area (TPSA) is 120 Å². The largest absolute Gasteiger partial charge is 0.504 e. The Labute approximate surface area is 114 Å². The molecule has 1 saturated heterocycles. The molecule has 1 aliphatic heterocycles. The number of nitrogens with two attached hydrogens (primary N) is 1. The minimum absolute atomic E-state index is 0.0762. The summed E-state index contributed by atoms with van der Waals surface area (Å²) in [5, 5.41) is 9.40. The molecule has 2 unspecified atom stereocenters. The van der Waals surface area contributed by atoms with E-state index in [2.05, 4.69) is 9.97 Å². The summed E-state index contributed by atoms with van der Waals surface area (Å²) >= 11 is 1.37. The Hall–Kier alpha value is -1.02. The zero-order chi connectivity index (χ0) is 14.0. The fourth-order valence-electron chi connectivity index (χ4n) is 1.77. The first-order valence-electron chi connectivity index (χ1n) is 5.55. The van der Waals surface area contributed by atoms with Crippen molar-refractivity contribution in [2.45, 2.75) is 23.1 Å². The lowest BCUT2D eigenvalue weighted by Gasteiger charge is -2.11. The molecule has 0 bridgehead atoms. The molecule has 0 aromatic carbocycles. The third-order valence-electron chi connectivity index (χ3n) is 2.68. The van der Waals surface area contributed by atoms with Crippen LogP contribution in [-0.2, 0) is 9.09 Å². The molecule has 10 heteroatoms. The molecule has 0 spiro atoms. The van der Waals surface area contributed by atoms with Gasteiger partial charge in [0.1, 0.15) is 12.9 Å². The van der Waals surface area contributed by atoms with Gasteiger partial charge in [0, 0.05) is 6.42 Å². The lowest BCUT2D eigenvalue weighted by Crippen LogP contribution is -2.26.